The van der Waals surface area contributed by atoms with Crippen molar-refractivity contribution >= 4 is 28.2 Å². The van der Waals surface area contributed by atoms with Gasteiger partial charge in [-0.05, 0) is 68.9 Å². The number of nitrogens with zero attached hydrogens (tertiary/aromatic N) is 7. The van der Waals surface area contributed by atoms with E-state index in [9.17, 15) is 0 Å². The van der Waals surface area contributed by atoms with E-state index >= 15 is 0 Å². The zero-order valence-electron chi connectivity index (χ0n) is 18.4. The fourth-order valence-electron chi connectivity index (χ4n) is 4.62. The third-order valence-electron chi connectivity index (χ3n) is 6.56. The summed E-state index contributed by atoms with van der Waals surface area (Å²) in [6.07, 6.45) is 10.6. The van der Waals surface area contributed by atoms with E-state index in [1.54, 1.807) is 6.20 Å². The van der Waals surface area contributed by atoms with E-state index in [0.29, 0.717) is 12.5 Å². The van der Waals surface area contributed by atoms with Gasteiger partial charge in [0, 0.05) is 29.8 Å². The highest BCUT2D eigenvalue weighted by molar-refractivity contribution is 6.36. The van der Waals surface area contributed by atoms with Gasteiger partial charge in [0.2, 0.25) is 0 Å². The summed E-state index contributed by atoms with van der Waals surface area (Å²) in [5.74, 6) is 0. The minimum atomic E-state index is 0.451. The van der Waals surface area contributed by atoms with Gasteiger partial charge >= 0.3 is 0 Å². The van der Waals surface area contributed by atoms with E-state index in [2.05, 4.69) is 37.9 Å². The van der Waals surface area contributed by atoms with Crippen molar-refractivity contribution in [3.8, 4) is 11.3 Å². The number of likely N-dealkylation sites (tertiary alicyclic amines) is 1. The zero-order chi connectivity index (χ0) is 22.4. The van der Waals surface area contributed by atoms with Gasteiger partial charge < -0.3 is 4.90 Å². The van der Waals surface area contributed by atoms with Crippen LogP contribution in [0.25, 0.3) is 27.8 Å². The molecule has 7 nitrogen and oxygen atoms in total. The van der Waals surface area contributed by atoms with Crippen molar-refractivity contribution in [1.29, 1.82) is 0 Å². The van der Waals surface area contributed by atoms with Gasteiger partial charge in [0.05, 0.1) is 40.4 Å². The van der Waals surface area contributed by atoms with Crippen molar-refractivity contribution in [1.82, 2.24) is 34.3 Å². The molecule has 1 fully saturated rings. The van der Waals surface area contributed by atoms with Crippen molar-refractivity contribution in [2.75, 3.05) is 20.1 Å². The van der Waals surface area contributed by atoms with Crippen LogP contribution in [0.5, 0.6) is 0 Å². The SMILES string of the molecule is CN1CCC(n2cc(-c3ccc4ncc(Cc5ccc6ncccc6c5Cl)n4n3)cn2)CC1. The Hall–Kier alpha value is -3.29. The fraction of sp³-hybridized carbons (Fsp3) is 0.280. The van der Waals surface area contributed by atoms with Crippen molar-refractivity contribution < 1.29 is 0 Å². The Morgan fingerprint density at radius 1 is 1.03 bits per heavy atom. The molecule has 33 heavy (non-hydrogen) atoms. The van der Waals surface area contributed by atoms with Crippen LogP contribution in [0, 0.1) is 0 Å². The molecule has 4 aromatic heterocycles. The van der Waals surface area contributed by atoms with Crippen LogP contribution in [-0.4, -0.2) is 54.4 Å². The zero-order valence-corrected chi connectivity index (χ0v) is 19.2. The number of rotatable bonds is 4. The Labute approximate surface area is 196 Å². The second-order valence-corrected chi connectivity index (χ2v) is 9.15. The molecule has 1 saturated heterocycles. The van der Waals surface area contributed by atoms with Crippen LogP contribution in [0.15, 0.2) is 61.2 Å². The molecular formula is C25H24ClN7. The maximum atomic E-state index is 6.72. The molecule has 5 heterocycles. The first-order valence-electron chi connectivity index (χ1n) is 11.2. The maximum Gasteiger partial charge on any atom is 0.153 e. The largest absolute Gasteiger partial charge is 0.306 e. The number of benzene rings is 1. The summed E-state index contributed by atoms with van der Waals surface area (Å²) in [5, 5.41) is 11.2. The molecule has 0 saturated carbocycles. The van der Waals surface area contributed by atoms with Crippen molar-refractivity contribution in [3.05, 3.63) is 77.5 Å². The topological polar surface area (TPSA) is 64.1 Å². The average Bonchev–Trinajstić information content (AvgIpc) is 3.49. The van der Waals surface area contributed by atoms with Gasteiger partial charge in [-0.25, -0.2) is 9.50 Å². The van der Waals surface area contributed by atoms with Crippen LogP contribution in [0.3, 0.4) is 0 Å². The third-order valence-corrected chi connectivity index (χ3v) is 7.01. The van der Waals surface area contributed by atoms with Crippen LogP contribution >= 0.6 is 11.6 Å². The summed E-state index contributed by atoms with van der Waals surface area (Å²) in [4.78, 5) is 11.3. The Bertz CT molecular complexity index is 1450. The molecule has 0 N–H and O–H groups in total. The van der Waals surface area contributed by atoms with Crippen LogP contribution in [0.4, 0.5) is 0 Å². The second-order valence-electron chi connectivity index (χ2n) is 8.77. The third kappa shape index (κ3) is 3.77. The standard InChI is InChI=1S/C25H24ClN7/c1-31-11-8-19(9-12-31)32-16-18(14-29-32)22-6-7-24-28-15-20(33(24)30-22)13-17-4-5-23-21(25(17)26)3-2-10-27-23/h2-7,10,14-16,19H,8-9,11-13H2,1H3. The number of imidazole rings is 1. The quantitative estimate of drug-likeness (QED) is 0.393. The molecule has 0 amide bonds. The minimum absolute atomic E-state index is 0.451. The monoisotopic (exact) mass is 457 g/mol. The molecular weight excluding hydrogens is 434 g/mol. The summed E-state index contributed by atoms with van der Waals surface area (Å²) in [6.45, 7) is 2.21. The molecule has 0 atom stereocenters. The highest BCUT2D eigenvalue weighted by atomic mass is 35.5. The van der Waals surface area contributed by atoms with Gasteiger partial charge in [-0.1, -0.05) is 17.7 Å². The van der Waals surface area contributed by atoms with E-state index in [-0.39, 0.29) is 0 Å². The summed E-state index contributed by atoms with van der Waals surface area (Å²) >= 11 is 6.72. The first-order valence-corrected chi connectivity index (χ1v) is 11.6. The van der Waals surface area contributed by atoms with Gasteiger partial charge in [0.1, 0.15) is 0 Å². The molecule has 0 unspecified atom stereocenters. The molecule has 1 aliphatic heterocycles. The molecule has 8 heteroatoms. The van der Waals surface area contributed by atoms with E-state index in [1.165, 1.54) is 0 Å². The maximum absolute atomic E-state index is 6.72. The number of hydrogen-bond donors (Lipinski definition) is 0. The molecule has 166 valence electrons. The molecule has 0 bridgehead atoms. The second kappa shape index (κ2) is 8.24. The molecule has 5 aromatic rings. The van der Waals surface area contributed by atoms with Gasteiger partial charge in [0.25, 0.3) is 0 Å². The van der Waals surface area contributed by atoms with E-state index in [0.717, 1.165) is 70.0 Å². The molecule has 0 radical (unpaired) electrons. The van der Waals surface area contributed by atoms with E-state index < -0.39 is 0 Å². The molecule has 1 aromatic carbocycles. The Morgan fingerprint density at radius 2 is 1.91 bits per heavy atom. The summed E-state index contributed by atoms with van der Waals surface area (Å²) in [7, 11) is 2.18. The predicted molar refractivity (Wildman–Crippen MR) is 130 cm³/mol. The van der Waals surface area contributed by atoms with Crippen LogP contribution in [0.1, 0.15) is 30.1 Å². The van der Waals surface area contributed by atoms with Crippen molar-refractivity contribution in [3.63, 3.8) is 0 Å². The lowest BCUT2D eigenvalue weighted by molar-refractivity contribution is 0.212. The lowest BCUT2D eigenvalue weighted by Gasteiger charge is -2.28. The Kier molecular flexibility index (Phi) is 5.08. The molecule has 6 rings (SSSR count). The van der Waals surface area contributed by atoms with Crippen LogP contribution < -0.4 is 0 Å². The molecule has 0 aliphatic carbocycles. The summed E-state index contributed by atoms with van der Waals surface area (Å²) in [6, 6.07) is 12.4. The van der Waals surface area contributed by atoms with Gasteiger partial charge in [-0.2, -0.15) is 10.2 Å². The van der Waals surface area contributed by atoms with Crippen LogP contribution in [0.2, 0.25) is 5.02 Å². The number of halogens is 1. The van der Waals surface area contributed by atoms with Crippen molar-refractivity contribution in [2.45, 2.75) is 25.3 Å². The molecule has 0 spiro atoms. The number of fused-ring (bicyclic) bond motifs is 2. The smallest absolute Gasteiger partial charge is 0.153 e. The number of pyridine rings is 1. The predicted octanol–water partition coefficient (Wildman–Crippen LogP) is 4.65. The lowest BCUT2D eigenvalue weighted by Crippen LogP contribution is -2.31. The first-order chi connectivity index (χ1) is 16.2. The van der Waals surface area contributed by atoms with Crippen LogP contribution in [-0.2, 0) is 6.42 Å². The average molecular weight is 458 g/mol. The van der Waals surface area contributed by atoms with E-state index in [1.807, 2.05) is 53.3 Å². The Balaban J connectivity index is 1.31. The number of hydrogen-bond acceptors (Lipinski definition) is 5. The molecule has 1 aliphatic rings. The highest BCUT2D eigenvalue weighted by Gasteiger charge is 2.19. The first kappa shape index (κ1) is 20.3. The van der Waals surface area contributed by atoms with Crippen molar-refractivity contribution in [2.24, 2.45) is 0 Å². The highest BCUT2D eigenvalue weighted by Crippen LogP contribution is 2.28. The summed E-state index contributed by atoms with van der Waals surface area (Å²) < 4.78 is 4.01. The van der Waals surface area contributed by atoms with Gasteiger partial charge in [0.15, 0.2) is 5.65 Å². The fourth-order valence-corrected chi connectivity index (χ4v) is 4.91. The number of aromatic nitrogens is 6. The minimum Gasteiger partial charge on any atom is -0.306 e. The lowest BCUT2D eigenvalue weighted by atomic mass is 10.1. The van der Waals surface area contributed by atoms with E-state index in [4.69, 9.17) is 16.7 Å². The Morgan fingerprint density at radius 3 is 2.79 bits per heavy atom. The van der Waals surface area contributed by atoms with Gasteiger partial charge in [-0.15, -0.1) is 0 Å². The van der Waals surface area contributed by atoms with Gasteiger partial charge in [-0.3, -0.25) is 9.67 Å². The normalized spacial score (nSPS) is 15.6. The summed E-state index contributed by atoms with van der Waals surface area (Å²) in [5.41, 5.74) is 5.63. The number of piperidine rings is 1.